The molecule has 0 saturated carbocycles. The number of rotatable bonds is 4. The van der Waals surface area contributed by atoms with E-state index in [1.54, 1.807) is 23.9 Å². The summed E-state index contributed by atoms with van der Waals surface area (Å²) in [6.07, 6.45) is 0. The zero-order valence-corrected chi connectivity index (χ0v) is 11.6. The van der Waals surface area contributed by atoms with Crippen LogP contribution in [0.25, 0.3) is 5.53 Å². The Morgan fingerprint density at radius 3 is 2.20 bits per heavy atom. The van der Waals surface area contributed by atoms with Crippen molar-refractivity contribution in [2.75, 3.05) is 7.11 Å². The molecule has 0 bridgehead atoms. The normalized spacial score (nSPS) is 9.65. The highest BCUT2D eigenvalue weighted by Gasteiger charge is 2.23. The molecule has 20 heavy (non-hydrogen) atoms. The number of benzene rings is 2. The fourth-order valence-electron chi connectivity index (χ4n) is 1.62. The lowest BCUT2D eigenvalue weighted by molar-refractivity contribution is -0.137. The molecule has 0 radical (unpaired) electrons. The molecule has 0 atom stereocenters. The Labute approximate surface area is 121 Å². The van der Waals surface area contributed by atoms with Gasteiger partial charge in [-0.1, -0.05) is 30.0 Å². The summed E-state index contributed by atoms with van der Waals surface area (Å²) < 4.78 is 4.55. The van der Waals surface area contributed by atoms with Crippen molar-refractivity contribution in [1.29, 1.82) is 0 Å². The predicted molar refractivity (Wildman–Crippen MR) is 76.8 cm³/mol. The van der Waals surface area contributed by atoms with Crippen molar-refractivity contribution in [3.05, 3.63) is 65.7 Å². The van der Waals surface area contributed by atoms with Crippen molar-refractivity contribution < 1.29 is 14.3 Å². The molecule has 2 rings (SSSR count). The van der Waals surface area contributed by atoms with Crippen molar-refractivity contribution in [3.8, 4) is 0 Å². The molecular weight excluding hydrogens is 272 g/mol. The zero-order chi connectivity index (χ0) is 14.4. The van der Waals surface area contributed by atoms with E-state index in [2.05, 4.69) is 9.53 Å². The molecule has 5 heteroatoms. The van der Waals surface area contributed by atoms with E-state index in [0.29, 0.717) is 5.56 Å². The molecule has 0 saturated heterocycles. The van der Waals surface area contributed by atoms with Gasteiger partial charge in [-0.15, -0.1) is 0 Å². The number of nitrogens with zero attached hydrogens (tertiary/aromatic N) is 2. The summed E-state index contributed by atoms with van der Waals surface area (Å²) in [5, 5.41) is 0. The van der Waals surface area contributed by atoms with Crippen LogP contribution in [-0.4, -0.2) is 23.6 Å². The molecular formula is C15H12N2O2S. The lowest BCUT2D eigenvalue weighted by atomic mass is 10.1. The standard InChI is InChI=1S/C15H12N2O2S/c1-19-15(18)14(17-16)11-7-9-13(10-8-11)20-12-5-3-2-4-6-12/h2-10H,1H3. The Kier molecular flexibility index (Phi) is 4.71. The van der Waals surface area contributed by atoms with Gasteiger partial charge in [0.25, 0.3) is 0 Å². The molecule has 0 amide bonds. The smallest absolute Gasteiger partial charge is 0.422 e. The summed E-state index contributed by atoms with van der Waals surface area (Å²) in [7, 11) is 1.24. The van der Waals surface area contributed by atoms with Crippen molar-refractivity contribution >= 4 is 23.4 Å². The van der Waals surface area contributed by atoms with Crippen LogP contribution in [0.2, 0.25) is 0 Å². The summed E-state index contributed by atoms with van der Waals surface area (Å²) in [4.78, 5) is 16.5. The third-order valence-corrected chi connectivity index (χ3v) is 3.60. The van der Waals surface area contributed by atoms with Gasteiger partial charge in [0, 0.05) is 9.79 Å². The molecule has 0 aliphatic carbocycles. The molecule has 100 valence electrons. The molecule has 0 unspecified atom stereocenters. The van der Waals surface area contributed by atoms with Gasteiger partial charge in [0.05, 0.1) is 12.7 Å². The molecule has 2 aromatic carbocycles. The third-order valence-electron chi connectivity index (χ3n) is 2.59. The molecule has 0 aromatic heterocycles. The van der Waals surface area contributed by atoms with Crippen LogP contribution in [0.4, 0.5) is 0 Å². The fraction of sp³-hybridized carbons (Fsp3) is 0.0667. The number of carbonyl (C=O) groups excluding carboxylic acids is 1. The minimum Gasteiger partial charge on any atom is -0.460 e. The number of hydrogen-bond acceptors (Lipinski definition) is 3. The Morgan fingerprint density at radius 2 is 1.65 bits per heavy atom. The topological polar surface area (TPSA) is 62.7 Å². The van der Waals surface area contributed by atoms with Gasteiger partial charge in [0.15, 0.2) is 0 Å². The Morgan fingerprint density at radius 1 is 1.05 bits per heavy atom. The first-order valence-electron chi connectivity index (χ1n) is 5.88. The third kappa shape index (κ3) is 3.35. The quantitative estimate of drug-likeness (QED) is 0.375. The van der Waals surface area contributed by atoms with Gasteiger partial charge < -0.3 is 10.3 Å². The van der Waals surface area contributed by atoms with Crippen molar-refractivity contribution in [1.82, 2.24) is 0 Å². The SMILES string of the molecule is COC(=O)C(=[N+]=[N-])c1ccc(Sc2ccccc2)cc1. The van der Waals surface area contributed by atoms with Crippen LogP contribution < -0.4 is 0 Å². The minimum absolute atomic E-state index is 0.108. The molecule has 0 aliphatic rings. The Hall–Kier alpha value is -2.36. The molecule has 0 spiro atoms. The van der Waals surface area contributed by atoms with E-state index < -0.39 is 5.97 Å². The van der Waals surface area contributed by atoms with Crippen LogP contribution >= 0.6 is 11.8 Å². The monoisotopic (exact) mass is 284 g/mol. The van der Waals surface area contributed by atoms with Gasteiger partial charge in [-0.05, 0) is 36.4 Å². The lowest BCUT2D eigenvalue weighted by Gasteiger charge is -2.02. The highest BCUT2D eigenvalue weighted by Crippen LogP contribution is 2.27. The van der Waals surface area contributed by atoms with Crippen LogP contribution in [0.5, 0.6) is 0 Å². The summed E-state index contributed by atoms with van der Waals surface area (Å²) in [6, 6.07) is 17.1. The van der Waals surface area contributed by atoms with Crippen LogP contribution in [0.3, 0.4) is 0 Å². The van der Waals surface area contributed by atoms with Gasteiger partial charge in [0.1, 0.15) is 0 Å². The first-order valence-corrected chi connectivity index (χ1v) is 6.70. The summed E-state index contributed by atoms with van der Waals surface area (Å²) >= 11 is 1.61. The largest absolute Gasteiger partial charge is 0.460 e. The molecule has 2 aromatic rings. The number of carbonyl (C=O) groups is 1. The number of ether oxygens (including phenoxy) is 1. The van der Waals surface area contributed by atoms with Crippen LogP contribution in [0.15, 0.2) is 64.4 Å². The van der Waals surface area contributed by atoms with E-state index in [4.69, 9.17) is 5.53 Å². The van der Waals surface area contributed by atoms with E-state index in [-0.39, 0.29) is 5.71 Å². The zero-order valence-electron chi connectivity index (χ0n) is 10.8. The van der Waals surface area contributed by atoms with Gasteiger partial charge >= 0.3 is 11.7 Å². The molecule has 0 heterocycles. The molecule has 4 nitrogen and oxygen atoms in total. The fourth-order valence-corrected chi connectivity index (χ4v) is 2.46. The average molecular weight is 284 g/mol. The molecule has 0 aliphatic heterocycles. The van der Waals surface area contributed by atoms with E-state index >= 15 is 0 Å². The summed E-state index contributed by atoms with van der Waals surface area (Å²) in [6.45, 7) is 0. The van der Waals surface area contributed by atoms with Gasteiger partial charge in [-0.3, -0.25) is 0 Å². The average Bonchev–Trinajstić information content (AvgIpc) is 2.50. The van der Waals surface area contributed by atoms with Crippen molar-refractivity contribution in [2.45, 2.75) is 9.79 Å². The van der Waals surface area contributed by atoms with Gasteiger partial charge in [-0.25, -0.2) is 4.79 Å². The second-order valence-electron chi connectivity index (χ2n) is 3.88. The molecule has 0 N–H and O–H groups in total. The van der Waals surface area contributed by atoms with E-state index in [1.165, 1.54) is 7.11 Å². The highest BCUT2D eigenvalue weighted by atomic mass is 32.2. The Bertz CT molecular complexity index is 647. The van der Waals surface area contributed by atoms with E-state index in [1.807, 2.05) is 42.5 Å². The highest BCUT2D eigenvalue weighted by molar-refractivity contribution is 7.99. The summed E-state index contributed by atoms with van der Waals surface area (Å²) in [5.74, 6) is -0.670. The minimum atomic E-state index is -0.670. The number of methoxy groups -OCH3 is 1. The van der Waals surface area contributed by atoms with Crippen LogP contribution in [-0.2, 0) is 9.53 Å². The number of esters is 1. The van der Waals surface area contributed by atoms with Crippen LogP contribution in [0.1, 0.15) is 5.56 Å². The summed E-state index contributed by atoms with van der Waals surface area (Å²) in [5.41, 5.74) is 9.27. The van der Waals surface area contributed by atoms with Crippen molar-refractivity contribution in [2.24, 2.45) is 0 Å². The maximum atomic E-state index is 11.4. The van der Waals surface area contributed by atoms with Crippen LogP contribution in [0, 0.1) is 0 Å². The van der Waals surface area contributed by atoms with Crippen molar-refractivity contribution in [3.63, 3.8) is 0 Å². The van der Waals surface area contributed by atoms with E-state index in [9.17, 15) is 4.79 Å². The van der Waals surface area contributed by atoms with E-state index in [0.717, 1.165) is 9.79 Å². The van der Waals surface area contributed by atoms with Gasteiger partial charge in [-0.2, -0.15) is 4.79 Å². The second-order valence-corrected chi connectivity index (χ2v) is 5.03. The van der Waals surface area contributed by atoms with Gasteiger partial charge in [0.2, 0.25) is 0 Å². The number of hydrogen-bond donors (Lipinski definition) is 0. The first-order chi connectivity index (χ1) is 9.74. The first kappa shape index (κ1) is 14.1. The Balaban J connectivity index is 2.18. The molecule has 0 fully saturated rings. The predicted octanol–water partition coefficient (Wildman–Crippen LogP) is 3.03. The maximum Gasteiger partial charge on any atom is 0.422 e. The lowest BCUT2D eigenvalue weighted by Crippen LogP contribution is -2.17. The maximum absolute atomic E-state index is 11.4. The second kappa shape index (κ2) is 6.70.